The van der Waals surface area contributed by atoms with Gasteiger partial charge < -0.3 is 22.3 Å². The largest absolute Gasteiger partial charge is 1.00 e. The second kappa shape index (κ2) is 7.67. The van der Waals surface area contributed by atoms with Gasteiger partial charge in [0.1, 0.15) is 0 Å². The number of nitrogens with one attached hydrogen (secondary N) is 1. The molecule has 26 heavy (non-hydrogen) atoms. The number of anilines is 1. The number of rotatable bonds is 3. The Balaban J connectivity index is 0.00000196. The van der Waals surface area contributed by atoms with Gasteiger partial charge in [-0.1, -0.05) is 52.3 Å². The molecule has 0 aliphatic carbocycles. The van der Waals surface area contributed by atoms with E-state index in [4.69, 9.17) is 11.6 Å². The van der Waals surface area contributed by atoms with Crippen molar-refractivity contribution in [2.75, 3.05) is 5.32 Å². The lowest BCUT2D eigenvalue weighted by Crippen LogP contribution is -3.00. The van der Waals surface area contributed by atoms with E-state index in [0.29, 0.717) is 10.7 Å². The predicted molar refractivity (Wildman–Crippen MR) is 100 cm³/mol. The van der Waals surface area contributed by atoms with Crippen molar-refractivity contribution < 1.29 is 27.2 Å². The highest BCUT2D eigenvalue weighted by Gasteiger charge is 2.27. The van der Waals surface area contributed by atoms with Gasteiger partial charge in [0.2, 0.25) is 0 Å². The molecule has 0 atom stereocenters. The van der Waals surface area contributed by atoms with Gasteiger partial charge in [0.25, 0.3) is 5.91 Å². The number of thiazole rings is 1. The fraction of sp³-hybridized carbons (Fsp3) is 0.0556. The molecule has 1 aliphatic heterocycles. The summed E-state index contributed by atoms with van der Waals surface area (Å²) in [6.45, 7) is 1.99. The van der Waals surface area contributed by atoms with Gasteiger partial charge in [-0.3, -0.25) is 4.79 Å². The topological polar surface area (TPSA) is 71.0 Å². The summed E-state index contributed by atoms with van der Waals surface area (Å²) in [6.07, 6.45) is 0. The van der Waals surface area contributed by atoms with Crippen LogP contribution in [0.3, 0.4) is 0 Å². The number of amides is 1. The minimum Gasteiger partial charge on any atom is -1.00 e. The molecule has 1 aliphatic rings. The van der Waals surface area contributed by atoms with Crippen LogP contribution in [0.5, 0.6) is 0 Å². The van der Waals surface area contributed by atoms with Crippen LogP contribution in [-0.4, -0.2) is 16.6 Å². The number of benzene rings is 2. The lowest BCUT2D eigenvalue weighted by atomic mass is 10.1. The molecule has 1 aromatic heterocycles. The third-order valence-corrected chi connectivity index (χ3v) is 4.89. The fourth-order valence-electron chi connectivity index (χ4n) is 2.62. The normalized spacial score (nSPS) is 14.1. The molecule has 5 nitrogen and oxygen atoms in total. The molecule has 0 unspecified atom stereocenters. The van der Waals surface area contributed by atoms with E-state index in [1.165, 1.54) is 11.3 Å². The standard InChI is InChI=1S/C18H13ClN4OS.BrH/c1-10-2-7-13-14(8-10)20-17(24)16(13)22-23-18-21-15(9-25-18)11-3-5-12(19)6-4-11;/h2-9H,1H3,(H,21,23)(H,20,22,24);1H. The maximum Gasteiger partial charge on any atom is 0.310 e. The Morgan fingerprint density at radius 1 is 1.19 bits per heavy atom. The molecule has 0 spiro atoms. The Bertz CT molecular complexity index is 1000. The first kappa shape index (κ1) is 18.7. The molecule has 4 rings (SSSR count). The second-order valence-electron chi connectivity index (χ2n) is 5.69. The minimum atomic E-state index is -0.189. The lowest BCUT2D eigenvalue weighted by Gasteiger charge is -1.97. The van der Waals surface area contributed by atoms with Gasteiger partial charge in [0.15, 0.2) is 5.71 Å². The van der Waals surface area contributed by atoms with Crippen LogP contribution in [0.1, 0.15) is 11.1 Å². The average Bonchev–Trinajstić information content (AvgIpc) is 3.17. The van der Waals surface area contributed by atoms with Gasteiger partial charge in [-0.25, -0.2) is 0 Å². The monoisotopic (exact) mass is 448 g/mol. The van der Waals surface area contributed by atoms with Crippen LogP contribution in [0, 0.1) is 6.92 Å². The Hall–Kier alpha value is -2.06. The summed E-state index contributed by atoms with van der Waals surface area (Å²) in [4.78, 5) is 16.7. The summed E-state index contributed by atoms with van der Waals surface area (Å²) in [6, 6.07) is 13.3. The van der Waals surface area contributed by atoms with E-state index < -0.39 is 0 Å². The average molecular weight is 450 g/mol. The first-order valence-corrected chi connectivity index (χ1v) is 8.91. The molecule has 0 bridgehead atoms. The Morgan fingerprint density at radius 2 is 1.96 bits per heavy atom. The zero-order valence-corrected chi connectivity index (χ0v) is 16.8. The highest BCUT2D eigenvalue weighted by atomic mass is 79.9. The van der Waals surface area contributed by atoms with Crippen molar-refractivity contribution in [2.24, 2.45) is 5.10 Å². The van der Waals surface area contributed by atoms with E-state index in [2.05, 4.69) is 15.4 Å². The molecule has 0 radical (unpaired) electrons. The van der Waals surface area contributed by atoms with Crippen molar-refractivity contribution in [3.05, 3.63) is 64.0 Å². The van der Waals surface area contributed by atoms with Gasteiger partial charge in [0.05, 0.1) is 11.4 Å². The van der Waals surface area contributed by atoms with E-state index in [-0.39, 0.29) is 22.9 Å². The van der Waals surface area contributed by atoms with Crippen molar-refractivity contribution in [1.29, 1.82) is 0 Å². The zero-order valence-electron chi connectivity index (χ0n) is 13.7. The van der Waals surface area contributed by atoms with Crippen LogP contribution < -0.4 is 27.7 Å². The molecular weight excluding hydrogens is 436 g/mol. The third kappa shape index (κ3) is 3.71. The van der Waals surface area contributed by atoms with Crippen molar-refractivity contribution in [2.45, 2.75) is 6.92 Å². The van der Waals surface area contributed by atoms with Crippen LogP contribution >= 0.6 is 22.9 Å². The second-order valence-corrected chi connectivity index (χ2v) is 7.01. The molecule has 0 fully saturated rings. The molecule has 0 saturated carbocycles. The van der Waals surface area contributed by atoms with Gasteiger partial charge >= 0.3 is 5.13 Å². The van der Waals surface area contributed by atoms with Gasteiger partial charge in [-0.15, -0.1) is 0 Å². The summed E-state index contributed by atoms with van der Waals surface area (Å²) >= 11 is 7.39. The Kier molecular flexibility index (Phi) is 5.52. The Labute approximate surface area is 169 Å². The predicted octanol–water partition coefficient (Wildman–Crippen LogP) is 0.327. The van der Waals surface area contributed by atoms with Crippen LogP contribution in [-0.2, 0) is 4.79 Å². The summed E-state index contributed by atoms with van der Waals surface area (Å²) < 4.78 is 0. The summed E-state index contributed by atoms with van der Waals surface area (Å²) in [7, 11) is 0. The van der Waals surface area contributed by atoms with Crippen molar-refractivity contribution in [1.82, 2.24) is 4.98 Å². The van der Waals surface area contributed by atoms with Gasteiger partial charge in [-0.05, 0) is 30.7 Å². The van der Waals surface area contributed by atoms with E-state index in [1.54, 1.807) is 5.43 Å². The third-order valence-electron chi connectivity index (χ3n) is 3.86. The number of aromatic nitrogens is 1. The number of halogens is 2. The molecule has 2 heterocycles. The van der Waals surface area contributed by atoms with Gasteiger partial charge in [0, 0.05) is 21.5 Å². The summed E-state index contributed by atoms with van der Waals surface area (Å²) in [5.74, 6) is -0.189. The zero-order chi connectivity index (χ0) is 17.4. The summed E-state index contributed by atoms with van der Waals surface area (Å²) in [5.41, 5.74) is 6.62. The maximum absolute atomic E-state index is 12.1. The number of nitrogens with two attached hydrogens (primary N) is 1. The molecular formula is C18H14BrClN4OS. The van der Waals surface area contributed by atoms with Crippen LogP contribution in [0.15, 0.2) is 52.9 Å². The molecule has 0 saturated heterocycles. The number of hydrogen-bond donors (Lipinski definition) is 2. The number of nitrogens with zero attached hydrogens (tertiary/aromatic N) is 2. The molecule has 3 N–H and O–H groups in total. The maximum atomic E-state index is 12.1. The number of aryl methyl sites for hydroxylation is 1. The first-order chi connectivity index (χ1) is 12.1. The first-order valence-electron chi connectivity index (χ1n) is 7.65. The molecule has 1 amide bonds. The van der Waals surface area contributed by atoms with Crippen LogP contribution in [0.4, 0.5) is 10.8 Å². The minimum absolute atomic E-state index is 0. The van der Waals surface area contributed by atoms with Crippen molar-refractivity contribution in [3.8, 4) is 11.3 Å². The number of hydrogen-bond acceptors (Lipinski definition) is 4. The molecule has 132 valence electrons. The number of quaternary nitrogens is 1. The van der Waals surface area contributed by atoms with Gasteiger partial charge in [-0.2, -0.15) is 10.4 Å². The van der Waals surface area contributed by atoms with Crippen molar-refractivity contribution in [3.63, 3.8) is 0 Å². The fourth-order valence-corrected chi connectivity index (χ4v) is 3.43. The van der Waals surface area contributed by atoms with Crippen LogP contribution in [0.2, 0.25) is 5.02 Å². The smallest absolute Gasteiger partial charge is 0.310 e. The van der Waals surface area contributed by atoms with E-state index in [9.17, 15) is 4.79 Å². The molecule has 2 aromatic carbocycles. The lowest BCUT2D eigenvalue weighted by molar-refractivity contribution is -0.576. The quantitative estimate of drug-likeness (QED) is 0.447. The highest BCUT2D eigenvalue weighted by molar-refractivity contribution is 7.13. The number of carbonyl (C=O) groups excluding carboxylic acids is 1. The van der Waals surface area contributed by atoms with E-state index in [1.807, 2.05) is 54.8 Å². The Morgan fingerprint density at radius 3 is 2.73 bits per heavy atom. The SMILES string of the molecule is Cc1ccc2c(c1)NC(=O)/C2=N\[NH2+]c1nc(-c2ccc(Cl)cc2)cs1.[Br-]. The molecule has 3 aromatic rings. The number of fused-ring (bicyclic) bond motifs is 1. The van der Waals surface area contributed by atoms with E-state index >= 15 is 0 Å². The van der Waals surface area contributed by atoms with E-state index in [0.717, 1.165) is 33.2 Å². The molecule has 8 heteroatoms. The summed E-state index contributed by atoms with van der Waals surface area (Å²) in [5, 5.41) is 10.6. The highest BCUT2D eigenvalue weighted by Crippen LogP contribution is 2.25. The van der Waals surface area contributed by atoms with Crippen LogP contribution in [0.25, 0.3) is 11.3 Å². The van der Waals surface area contributed by atoms with Crippen molar-refractivity contribution >= 4 is 45.4 Å². The number of carbonyl (C=O) groups is 1.